The van der Waals surface area contributed by atoms with E-state index >= 15 is 0 Å². The van der Waals surface area contributed by atoms with Crippen molar-refractivity contribution in [2.45, 2.75) is 119 Å². The number of alkyl carbamates (subject to hydrolysis) is 1. The second-order valence-electron chi connectivity index (χ2n) is 19.1. The standard InChI is InChI=1S/C25H21BrF4N2O4.C13H10BrNO3.C12H12BrF4NO.CH2O3.CH4.2K.H/c1-14(25(28,29)30)31(11-15-2-5-17(27)6-3-15)20(33)12-32-21(34)24(36-22(32)35)13-23(8-9-23)19-10-16(26)4-7-18(19)24;14-7-1-2-8-9(5-7)12(3-4-12)6-13(8)10(16)15-11(17)18-13;1-8(12(15,16)17)18(11(19)6-13)7-9-2-4-10(14)5-3-9;2-1-4-3;;;;/h2-7,10,14H,8-9,11-13H2,1H3;1-2,5H,3-4,6H2,(H,15,16,17);2-5,8H,6-7H2,1H3;1,3H;1H4;;;/q;;;;;2*+1;-1/p-1/t14-,24?;;8-;;;;;/m0.0...../s1. The molecule has 6 aliphatic rings. The molecule has 4 fully saturated rings. The summed E-state index contributed by atoms with van der Waals surface area (Å²) in [5, 5.41) is 10.5. The van der Waals surface area contributed by atoms with Crippen LogP contribution < -0.4 is 113 Å². The van der Waals surface area contributed by atoms with Crippen LogP contribution in [-0.4, -0.2) is 93.3 Å². The average molecular weight is 1380 g/mol. The van der Waals surface area contributed by atoms with E-state index in [1.165, 1.54) is 24.3 Å². The minimum atomic E-state index is -4.76. The molecule has 0 radical (unpaired) electrons. The molecule has 28 heteroatoms. The topological polar surface area (TPSA) is 192 Å². The Labute approximate surface area is 565 Å². The van der Waals surface area contributed by atoms with E-state index in [2.05, 4.69) is 64.1 Å². The summed E-state index contributed by atoms with van der Waals surface area (Å²) in [4.78, 5) is 87.6. The molecule has 4 atom stereocenters. The largest absolute Gasteiger partial charge is 1.00 e. The van der Waals surface area contributed by atoms with Crippen LogP contribution in [0.2, 0.25) is 0 Å². The van der Waals surface area contributed by atoms with Crippen LogP contribution in [0.5, 0.6) is 0 Å². The number of carbonyl (C=O) groups excluding carboxylic acids is 7. The zero-order valence-corrected chi connectivity index (χ0v) is 53.4. The van der Waals surface area contributed by atoms with Crippen LogP contribution in [0.25, 0.3) is 0 Å². The Hall–Kier alpha value is -2.72. The summed E-state index contributed by atoms with van der Waals surface area (Å²) >= 11 is 9.74. The Morgan fingerprint density at radius 2 is 1.11 bits per heavy atom. The summed E-state index contributed by atoms with van der Waals surface area (Å²) < 4.78 is 118. The number of amides is 6. The molecule has 10 rings (SSSR count). The van der Waals surface area contributed by atoms with Crippen LogP contribution in [0.4, 0.5) is 44.7 Å². The molecule has 1 N–H and O–H groups in total. The van der Waals surface area contributed by atoms with Crippen LogP contribution in [0.3, 0.4) is 0 Å². The van der Waals surface area contributed by atoms with Gasteiger partial charge in [0, 0.05) is 56.8 Å². The molecule has 422 valence electrons. The smallest absolute Gasteiger partial charge is 1.00 e. The predicted octanol–water partition coefficient (Wildman–Crippen LogP) is 4.21. The zero-order valence-electron chi connectivity index (χ0n) is 43.4. The number of hydrogen-bond donors (Lipinski definition) is 1. The second kappa shape index (κ2) is 27.5. The summed E-state index contributed by atoms with van der Waals surface area (Å²) in [6, 6.07) is 16.7. The molecule has 0 aromatic heterocycles. The van der Waals surface area contributed by atoms with Gasteiger partial charge in [0.15, 0.2) is 0 Å². The van der Waals surface area contributed by atoms with Crippen molar-refractivity contribution in [1.29, 1.82) is 0 Å². The summed E-state index contributed by atoms with van der Waals surface area (Å²) in [6.45, 7) is -0.0493. The maximum absolute atomic E-state index is 13.6. The van der Waals surface area contributed by atoms with Crippen molar-refractivity contribution in [2.75, 3.05) is 11.9 Å². The molecule has 2 saturated carbocycles. The van der Waals surface area contributed by atoms with E-state index in [1.54, 1.807) is 12.1 Å². The van der Waals surface area contributed by atoms with Crippen molar-refractivity contribution in [1.82, 2.24) is 20.0 Å². The van der Waals surface area contributed by atoms with Gasteiger partial charge in [0.25, 0.3) is 18.3 Å². The molecule has 2 aliphatic heterocycles. The monoisotopic (exact) mass is 1370 g/mol. The predicted molar refractivity (Wildman–Crippen MR) is 269 cm³/mol. The molecular formula is C52H49Br3F8K2N4O11. The molecule has 2 saturated heterocycles. The number of hydrogen-bond acceptors (Lipinski definition) is 11. The summed E-state index contributed by atoms with van der Waals surface area (Å²) in [5.41, 5.74) is 1.22. The van der Waals surface area contributed by atoms with Crippen molar-refractivity contribution < 1.29 is 192 Å². The first-order valence-corrected chi connectivity index (χ1v) is 26.0. The van der Waals surface area contributed by atoms with Gasteiger partial charge in [0.1, 0.15) is 30.3 Å². The van der Waals surface area contributed by atoms with E-state index in [0.29, 0.717) is 32.2 Å². The first-order valence-electron chi connectivity index (χ1n) is 23.3. The number of alkyl halides is 7. The summed E-state index contributed by atoms with van der Waals surface area (Å²) in [6.07, 6.45) is -6.39. The maximum Gasteiger partial charge on any atom is 1.00 e. The number of nitrogens with zero attached hydrogens (tertiary/aromatic N) is 3. The number of imide groups is 2. The van der Waals surface area contributed by atoms with Gasteiger partial charge in [-0.1, -0.05) is 91.6 Å². The van der Waals surface area contributed by atoms with Gasteiger partial charge in [-0.2, -0.15) is 26.3 Å². The fraction of sp³-hybridized carbons (Fsp3) is 0.404. The van der Waals surface area contributed by atoms with Crippen molar-refractivity contribution in [3.05, 3.63) is 139 Å². The molecule has 4 aromatic carbocycles. The number of ether oxygens (including phenoxy) is 2. The number of halogens is 11. The second-order valence-corrected chi connectivity index (χ2v) is 21.5. The van der Waals surface area contributed by atoms with Gasteiger partial charge in [-0.05, 0) is 110 Å². The van der Waals surface area contributed by atoms with Gasteiger partial charge in [-0.3, -0.25) is 29.3 Å². The van der Waals surface area contributed by atoms with Gasteiger partial charge >= 0.3 is 127 Å². The number of rotatable bonds is 10. The first-order chi connectivity index (χ1) is 36.1. The van der Waals surface area contributed by atoms with Crippen molar-refractivity contribution >= 4 is 90.1 Å². The van der Waals surface area contributed by atoms with Crippen LogP contribution in [0.15, 0.2) is 93.9 Å². The number of benzene rings is 4. The molecule has 6 amide bonds. The fourth-order valence-electron chi connectivity index (χ4n) is 9.94. The zero-order chi connectivity index (χ0) is 56.6. The van der Waals surface area contributed by atoms with Crippen LogP contribution in [0, 0.1) is 11.6 Å². The summed E-state index contributed by atoms with van der Waals surface area (Å²) in [5.74, 6) is -3.88. The third-order valence-corrected chi connectivity index (χ3v) is 15.7. The Kier molecular flexibility index (Phi) is 24.0. The SMILES string of the molecule is C.C[C@H](N(Cc1ccc(F)cc1)C(=O)CBr)C(F)(F)F.C[C@H](N(Cc1ccc(F)cc1)C(=O)CN1C(=O)OC2(CC3(CC3)c3cc(Br)ccc32)C1=O)C(F)(F)F.O=C1NC(=O)C2(CC3(CC3)c3cc(Br)ccc32)O1.O=CO[O-].[H-].[K+].[K+]. The molecule has 4 aromatic rings. The number of carbonyl (C=O) groups is 7. The average Bonchev–Trinajstić information content (AvgIpc) is 4.25. The van der Waals surface area contributed by atoms with Crippen LogP contribution >= 0.6 is 47.8 Å². The number of fused-ring (bicyclic) bond motifs is 6. The molecule has 80 heavy (non-hydrogen) atoms. The molecule has 2 heterocycles. The normalized spacial score (nSPS) is 20.4. The van der Waals surface area contributed by atoms with Crippen molar-refractivity contribution in [2.24, 2.45) is 0 Å². The third kappa shape index (κ3) is 15.0. The molecule has 15 nitrogen and oxygen atoms in total. The van der Waals surface area contributed by atoms with Crippen molar-refractivity contribution in [3.8, 4) is 0 Å². The van der Waals surface area contributed by atoms with Gasteiger partial charge in [0.2, 0.25) is 23.0 Å². The van der Waals surface area contributed by atoms with Gasteiger partial charge in [-0.15, -0.1) is 0 Å². The molecule has 2 unspecified atom stereocenters. The van der Waals surface area contributed by atoms with E-state index in [1.807, 2.05) is 18.2 Å². The van der Waals surface area contributed by atoms with E-state index in [4.69, 9.17) is 19.5 Å². The quantitative estimate of drug-likeness (QED) is 0.0598. The fourth-order valence-corrected chi connectivity index (χ4v) is 11.0. The molecule has 4 aliphatic carbocycles. The minimum Gasteiger partial charge on any atom is -1.00 e. The van der Waals surface area contributed by atoms with E-state index in [9.17, 15) is 63.9 Å². The Balaban J connectivity index is 0.000000325. The molecule has 4 spiro atoms. The summed E-state index contributed by atoms with van der Waals surface area (Å²) in [7, 11) is 0. The van der Waals surface area contributed by atoms with Crippen LogP contribution in [0.1, 0.15) is 94.6 Å². The van der Waals surface area contributed by atoms with Gasteiger partial charge in [0.05, 0.1) is 5.33 Å². The number of nitrogens with one attached hydrogen (secondary N) is 1. The van der Waals surface area contributed by atoms with E-state index < -0.39 is 90.3 Å². The first kappa shape index (κ1) is 69.8. The molecular weight excluding hydrogens is 1330 g/mol. The van der Waals surface area contributed by atoms with E-state index in [0.717, 1.165) is 89.4 Å². The van der Waals surface area contributed by atoms with E-state index in [-0.39, 0.29) is 159 Å². The minimum absolute atomic E-state index is 0. The Morgan fingerprint density at radius 1 is 0.713 bits per heavy atom. The molecule has 0 bridgehead atoms. The van der Waals surface area contributed by atoms with Gasteiger partial charge < -0.3 is 30.8 Å². The van der Waals surface area contributed by atoms with Gasteiger partial charge in [-0.25, -0.2) is 23.3 Å². The van der Waals surface area contributed by atoms with Crippen LogP contribution in [-0.2, 0) is 73.5 Å². The third-order valence-electron chi connectivity index (χ3n) is 14.3. The Bertz CT molecular complexity index is 2980. The Morgan fingerprint density at radius 3 is 1.48 bits per heavy atom. The van der Waals surface area contributed by atoms with Crippen molar-refractivity contribution in [3.63, 3.8) is 0 Å². The maximum atomic E-state index is 13.6.